The molecule has 0 bridgehead atoms. The SMILES string of the molecule is CCN(CC(=O)O)C1CC(NC2CCC(C)(c3ccccc3)C2)C1. The lowest BCUT2D eigenvalue weighted by molar-refractivity contribution is -0.139. The molecule has 2 unspecified atom stereocenters. The Bertz CT molecular complexity index is 556. The first-order chi connectivity index (χ1) is 11.5. The molecule has 0 radical (unpaired) electrons. The van der Waals surface area contributed by atoms with Gasteiger partial charge in [-0.05, 0) is 49.6 Å². The van der Waals surface area contributed by atoms with E-state index in [0.717, 1.165) is 19.4 Å². The molecule has 0 heterocycles. The van der Waals surface area contributed by atoms with Gasteiger partial charge in [0.05, 0.1) is 6.54 Å². The minimum absolute atomic E-state index is 0.170. The topological polar surface area (TPSA) is 52.6 Å². The number of carboxylic acids is 1. The molecule has 2 fully saturated rings. The summed E-state index contributed by atoms with van der Waals surface area (Å²) in [5, 5.41) is 12.8. The number of hydrogen-bond donors (Lipinski definition) is 2. The highest BCUT2D eigenvalue weighted by Gasteiger charge is 2.40. The van der Waals surface area contributed by atoms with E-state index in [1.54, 1.807) is 0 Å². The van der Waals surface area contributed by atoms with Crippen molar-refractivity contribution in [2.75, 3.05) is 13.1 Å². The standard InChI is InChI=1S/C20H30N2O2/c1-3-22(14-19(23)24)18-11-17(12-18)21-16-9-10-20(2,13-16)15-7-5-4-6-8-15/h4-8,16-18,21H,3,9-14H2,1-2H3,(H,23,24). The van der Waals surface area contributed by atoms with Crippen molar-refractivity contribution in [3.05, 3.63) is 35.9 Å². The second-order valence-electron chi connectivity index (χ2n) is 7.81. The number of nitrogens with one attached hydrogen (secondary N) is 1. The second-order valence-corrected chi connectivity index (χ2v) is 7.81. The number of rotatable bonds is 7. The fraction of sp³-hybridized carbons (Fsp3) is 0.650. The molecule has 132 valence electrons. The van der Waals surface area contributed by atoms with E-state index in [0.29, 0.717) is 23.5 Å². The molecule has 4 heteroatoms. The van der Waals surface area contributed by atoms with Crippen LogP contribution in [0.25, 0.3) is 0 Å². The third-order valence-electron chi connectivity index (χ3n) is 6.06. The summed E-state index contributed by atoms with van der Waals surface area (Å²) in [6.45, 7) is 5.42. The Hall–Kier alpha value is -1.39. The van der Waals surface area contributed by atoms with Crippen molar-refractivity contribution >= 4 is 5.97 Å². The van der Waals surface area contributed by atoms with Crippen LogP contribution in [0.15, 0.2) is 30.3 Å². The van der Waals surface area contributed by atoms with E-state index in [4.69, 9.17) is 5.11 Å². The maximum absolute atomic E-state index is 10.9. The van der Waals surface area contributed by atoms with Crippen LogP contribution in [-0.2, 0) is 10.2 Å². The molecular weight excluding hydrogens is 300 g/mol. The van der Waals surface area contributed by atoms with Crippen molar-refractivity contribution in [3.8, 4) is 0 Å². The molecule has 2 aliphatic carbocycles. The summed E-state index contributed by atoms with van der Waals surface area (Å²) in [5.41, 5.74) is 1.75. The Morgan fingerprint density at radius 2 is 2.00 bits per heavy atom. The average Bonchev–Trinajstić information content (AvgIpc) is 2.92. The Balaban J connectivity index is 1.47. The molecule has 0 aliphatic heterocycles. The maximum atomic E-state index is 10.9. The molecule has 24 heavy (non-hydrogen) atoms. The first-order valence-corrected chi connectivity index (χ1v) is 9.27. The highest BCUT2D eigenvalue weighted by molar-refractivity contribution is 5.69. The van der Waals surface area contributed by atoms with Gasteiger partial charge in [0.15, 0.2) is 0 Å². The Morgan fingerprint density at radius 3 is 2.62 bits per heavy atom. The zero-order valence-electron chi connectivity index (χ0n) is 14.9. The second kappa shape index (κ2) is 7.24. The Morgan fingerprint density at radius 1 is 1.29 bits per heavy atom. The summed E-state index contributed by atoms with van der Waals surface area (Å²) < 4.78 is 0. The van der Waals surface area contributed by atoms with Gasteiger partial charge in [-0.1, -0.05) is 44.2 Å². The van der Waals surface area contributed by atoms with Crippen LogP contribution in [0.5, 0.6) is 0 Å². The summed E-state index contributed by atoms with van der Waals surface area (Å²) in [7, 11) is 0. The predicted molar refractivity (Wildman–Crippen MR) is 96.3 cm³/mol. The van der Waals surface area contributed by atoms with Gasteiger partial charge in [0.2, 0.25) is 0 Å². The summed E-state index contributed by atoms with van der Waals surface area (Å²) >= 11 is 0. The highest BCUT2D eigenvalue weighted by Crippen LogP contribution is 2.41. The van der Waals surface area contributed by atoms with E-state index in [9.17, 15) is 4.79 Å². The Kier molecular flexibility index (Phi) is 5.26. The van der Waals surface area contributed by atoms with Gasteiger partial charge in [0.1, 0.15) is 0 Å². The van der Waals surface area contributed by atoms with Gasteiger partial charge in [0, 0.05) is 18.1 Å². The molecule has 4 nitrogen and oxygen atoms in total. The van der Waals surface area contributed by atoms with Crippen LogP contribution in [0.4, 0.5) is 0 Å². The summed E-state index contributed by atoms with van der Waals surface area (Å²) in [6.07, 6.45) is 5.84. The molecular formula is C20H30N2O2. The van der Waals surface area contributed by atoms with Gasteiger partial charge in [-0.15, -0.1) is 0 Å². The van der Waals surface area contributed by atoms with Crippen LogP contribution >= 0.6 is 0 Å². The molecule has 0 aromatic heterocycles. The first-order valence-electron chi connectivity index (χ1n) is 9.27. The molecule has 2 N–H and O–H groups in total. The van der Waals surface area contributed by atoms with E-state index in [1.807, 2.05) is 6.92 Å². The van der Waals surface area contributed by atoms with E-state index in [2.05, 4.69) is 47.5 Å². The third-order valence-corrected chi connectivity index (χ3v) is 6.06. The molecule has 0 amide bonds. The fourth-order valence-electron chi connectivity index (χ4n) is 4.51. The van der Waals surface area contributed by atoms with Crippen LogP contribution < -0.4 is 5.32 Å². The molecule has 0 spiro atoms. The van der Waals surface area contributed by atoms with Crippen molar-refractivity contribution in [1.29, 1.82) is 0 Å². The number of carbonyl (C=O) groups is 1. The van der Waals surface area contributed by atoms with E-state index in [1.165, 1.54) is 24.8 Å². The summed E-state index contributed by atoms with van der Waals surface area (Å²) in [5.74, 6) is -0.720. The lowest BCUT2D eigenvalue weighted by Crippen LogP contribution is -2.55. The van der Waals surface area contributed by atoms with Crippen LogP contribution in [0.3, 0.4) is 0 Å². The zero-order valence-corrected chi connectivity index (χ0v) is 14.9. The summed E-state index contributed by atoms with van der Waals surface area (Å²) in [6, 6.07) is 12.5. The highest BCUT2D eigenvalue weighted by atomic mass is 16.4. The zero-order chi connectivity index (χ0) is 17.2. The predicted octanol–water partition coefficient (Wildman–Crippen LogP) is 3.02. The van der Waals surface area contributed by atoms with Gasteiger partial charge in [0.25, 0.3) is 0 Å². The number of carboxylic acid groups (broad SMARTS) is 1. The van der Waals surface area contributed by atoms with Crippen molar-refractivity contribution in [2.24, 2.45) is 0 Å². The largest absolute Gasteiger partial charge is 0.480 e. The average molecular weight is 330 g/mol. The van der Waals surface area contributed by atoms with E-state index < -0.39 is 5.97 Å². The number of hydrogen-bond acceptors (Lipinski definition) is 3. The van der Waals surface area contributed by atoms with Gasteiger partial charge in [-0.3, -0.25) is 9.69 Å². The molecule has 1 aromatic rings. The van der Waals surface area contributed by atoms with Gasteiger partial charge in [-0.2, -0.15) is 0 Å². The van der Waals surface area contributed by atoms with Gasteiger partial charge in [-0.25, -0.2) is 0 Å². The summed E-state index contributed by atoms with van der Waals surface area (Å²) in [4.78, 5) is 13.0. The normalized spacial score (nSPS) is 32.7. The molecule has 0 saturated heterocycles. The van der Waals surface area contributed by atoms with E-state index in [-0.39, 0.29) is 6.54 Å². The number of aliphatic carboxylic acids is 1. The van der Waals surface area contributed by atoms with Crippen molar-refractivity contribution in [1.82, 2.24) is 10.2 Å². The van der Waals surface area contributed by atoms with Crippen molar-refractivity contribution in [3.63, 3.8) is 0 Å². The van der Waals surface area contributed by atoms with Crippen molar-refractivity contribution in [2.45, 2.75) is 69.5 Å². The molecule has 2 saturated carbocycles. The van der Waals surface area contributed by atoms with Crippen LogP contribution in [0.1, 0.15) is 51.5 Å². The van der Waals surface area contributed by atoms with Crippen molar-refractivity contribution < 1.29 is 9.90 Å². The van der Waals surface area contributed by atoms with Crippen LogP contribution in [0, 0.1) is 0 Å². The number of nitrogens with zero attached hydrogens (tertiary/aromatic N) is 1. The number of likely N-dealkylation sites (N-methyl/N-ethyl adjacent to an activating group) is 1. The molecule has 3 rings (SSSR count). The van der Waals surface area contributed by atoms with Crippen LogP contribution in [-0.4, -0.2) is 47.2 Å². The quantitative estimate of drug-likeness (QED) is 0.807. The minimum Gasteiger partial charge on any atom is -0.480 e. The molecule has 1 aromatic carbocycles. The van der Waals surface area contributed by atoms with Crippen LogP contribution in [0.2, 0.25) is 0 Å². The van der Waals surface area contributed by atoms with Gasteiger partial charge < -0.3 is 10.4 Å². The van der Waals surface area contributed by atoms with Gasteiger partial charge >= 0.3 is 5.97 Å². The third kappa shape index (κ3) is 3.81. The minimum atomic E-state index is -0.720. The molecule has 2 aliphatic rings. The number of benzene rings is 1. The monoisotopic (exact) mass is 330 g/mol. The lowest BCUT2D eigenvalue weighted by Gasteiger charge is -2.43. The fourth-order valence-corrected chi connectivity index (χ4v) is 4.51. The smallest absolute Gasteiger partial charge is 0.317 e. The maximum Gasteiger partial charge on any atom is 0.317 e. The Labute approximate surface area is 145 Å². The molecule has 2 atom stereocenters. The van der Waals surface area contributed by atoms with E-state index >= 15 is 0 Å². The lowest BCUT2D eigenvalue weighted by atomic mass is 9.80. The first kappa shape index (κ1) is 17.4.